The van der Waals surface area contributed by atoms with Crippen LogP contribution in [0.1, 0.15) is 50.7 Å². The first kappa shape index (κ1) is 21.4. The van der Waals surface area contributed by atoms with E-state index >= 15 is 0 Å². The highest BCUT2D eigenvalue weighted by Gasteiger charge is 2.27. The van der Waals surface area contributed by atoms with E-state index in [0.717, 1.165) is 36.0 Å². The lowest BCUT2D eigenvalue weighted by Crippen LogP contribution is -2.28. The van der Waals surface area contributed by atoms with Gasteiger partial charge in [0.2, 0.25) is 0 Å². The molecule has 0 aliphatic carbocycles. The molecule has 0 aliphatic rings. The van der Waals surface area contributed by atoms with Gasteiger partial charge in [-0.1, -0.05) is 62.2 Å². The van der Waals surface area contributed by atoms with E-state index in [9.17, 15) is 14.9 Å². The summed E-state index contributed by atoms with van der Waals surface area (Å²) >= 11 is 0. The van der Waals surface area contributed by atoms with Crippen LogP contribution in [-0.4, -0.2) is 18.4 Å². The smallest absolute Gasteiger partial charge is 0.316 e. The summed E-state index contributed by atoms with van der Waals surface area (Å²) in [7, 11) is 0. The molecule has 0 heterocycles. The predicted octanol–water partition coefficient (Wildman–Crippen LogP) is 5.10. The van der Waals surface area contributed by atoms with E-state index in [-0.39, 0.29) is 12.4 Å². The molecular weight excluding hydrogens is 350 g/mol. The summed E-state index contributed by atoms with van der Waals surface area (Å²) in [6.45, 7) is 4.10. The average molecular weight is 377 g/mol. The van der Waals surface area contributed by atoms with E-state index < -0.39 is 11.9 Å². The molecule has 0 N–H and O–H groups in total. The van der Waals surface area contributed by atoms with E-state index in [1.54, 1.807) is 13.0 Å². The largest absolute Gasteiger partial charge is 0.465 e. The maximum Gasteiger partial charge on any atom is 0.316 e. The van der Waals surface area contributed by atoms with Gasteiger partial charge in [0.1, 0.15) is 11.7 Å². The lowest BCUT2D eigenvalue weighted by atomic mass is 9.91. The minimum atomic E-state index is -0.756. The Morgan fingerprint density at radius 1 is 1.04 bits per heavy atom. The Morgan fingerprint density at radius 2 is 1.75 bits per heavy atom. The number of ketones is 1. The van der Waals surface area contributed by atoms with Crippen LogP contribution in [-0.2, 0) is 20.7 Å². The highest BCUT2D eigenvalue weighted by Crippen LogP contribution is 2.24. The molecule has 0 aliphatic heterocycles. The summed E-state index contributed by atoms with van der Waals surface area (Å²) in [6.07, 6.45) is 3.56. The molecule has 2 aromatic rings. The maximum atomic E-state index is 12.6. The van der Waals surface area contributed by atoms with Crippen LogP contribution in [0.5, 0.6) is 0 Å². The van der Waals surface area contributed by atoms with Gasteiger partial charge in [0.05, 0.1) is 18.2 Å². The number of carbonyl (C=O) groups is 2. The molecule has 1 unspecified atom stereocenters. The average Bonchev–Trinajstić information content (AvgIpc) is 2.72. The number of unbranched alkanes of at least 4 members (excludes halogenated alkanes) is 2. The SMILES string of the molecule is CCCCCC(=O)C(Cc1ccc(-c2ccccc2C#N)cc1)C(=O)OCC. The second-order valence-corrected chi connectivity index (χ2v) is 6.79. The summed E-state index contributed by atoms with van der Waals surface area (Å²) in [5.41, 5.74) is 3.32. The fraction of sp³-hybridized carbons (Fsp3) is 0.375. The zero-order valence-electron chi connectivity index (χ0n) is 16.6. The molecule has 0 radical (unpaired) electrons. The van der Waals surface area contributed by atoms with Crippen molar-refractivity contribution in [3.63, 3.8) is 0 Å². The molecule has 2 aromatic carbocycles. The van der Waals surface area contributed by atoms with Gasteiger partial charge < -0.3 is 4.74 Å². The minimum absolute atomic E-state index is 0.0502. The summed E-state index contributed by atoms with van der Waals surface area (Å²) in [5, 5.41) is 9.28. The van der Waals surface area contributed by atoms with Gasteiger partial charge in [-0.3, -0.25) is 9.59 Å². The van der Waals surface area contributed by atoms with Crippen molar-refractivity contribution in [3.8, 4) is 17.2 Å². The normalized spacial score (nSPS) is 11.5. The number of benzene rings is 2. The number of hydrogen-bond acceptors (Lipinski definition) is 4. The molecule has 0 amide bonds. The molecule has 1 atom stereocenters. The first-order valence-corrected chi connectivity index (χ1v) is 9.88. The summed E-state index contributed by atoms with van der Waals surface area (Å²) < 4.78 is 5.13. The number of rotatable bonds is 10. The van der Waals surface area contributed by atoms with Crippen molar-refractivity contribution in [1.82, 2.24) is 0 Å². The molecule has 146 valence electrons. The monoisotopic (exact) mass is 377 g/mol. The van der Waals surface area contributed by atoms with E-state index in [4.69, 9.17) is 4.74 Å². The first-order chi connectivity index (χ1) is 13.6. The van der Waals surface area contributed by atoms with Gasteiger partial charge in [-0.15, -0.1) is 0 Å². The zero-order valence-corrected chi connectivity index (χ0v) is 16.6. The quantitative estimate of drug-likeness (QED) is 0.328. The third-order valence-electron chi connectivity index (χ3n) is 4.74. The second kappa shape index (κ2) is 11.0. The fourth-order valence-corrected chi connectivity index (χ4v) is 3.18. The third-order valence-corrected chi connectivity index (χ3v) is 4.74. The van der Waals surface area contributed by atoms with Crippen molar-refractivity contribution in [2.45, 2.75) is 46.0 Å². The summed E-state index contributed by atoms with van der Waals surface area (Å²) in [6, 6.07) is 17.3. The second-order valence-electron chi connectivity index (χ2n) is 6.79. The molecule has 0 saturated carbocycles. The van der Waals surface area contributed by atoms with Crippen LogP contribution in [0.3, 0.4) is 0 Å². The summed E-state index contributed by atoms with van der Waals surface area (Å²) in [4.78, 5) is 24.9. The minimum Gasteiger partial charge on any atom is -0.465 e. The van der Waals surface area contributed by atoms with Crippen molar-refractivity contribution in [1.29, 1.82) is 5.26 Å². The number of esters is 1. The maximum absolute atomic E-state index is 12.6. The first-order valence-electron chi connectivity index (χ1n) is 9.88. The Hall–Kier alpha value is -2.93. The Morgan fingerprint density at radius 3 is 2.39 bits per heavy atom. The van der Waals surface area contributed by atoms with Gasteiger partial charge >= 0.3 is 5.97 Å². The van der Waals surface area contributed by atoms with Crippen LogP contribution in [0.4, 0.5) is 0 Å². The van der Waals surface area contributed by atoms with E-state index in [1.165, 1.54) is 0 Å². The van der Waals surface area contributed by atoms with Crippen LogP contribution < -0.4 is 0 Å². The molecule has 4 heteroatoms. The fourth-order valence-electron chi connectivity index (χ4n) is 3.18. The number of carbonyl (C=O) groups excluding carboxylic acids is 2. The number of ether oxygens (including phenoxy) is 1. The third kappa shape index (κ3) is 5.79. The molecular formula is C24H27NO3. The lowest BCUT2D eigenvalue weighted by molar-refractivity contribution is -0.151. The van der Waals surface area contributed by atoms with Crippen LogP contribution in [0.15, 0.2) is 48.5 Å². The van der Waals surface area contributed by atoms with E-state index in [0.29, 0.717) is 18.4 Å². The highest BCUT2D eigenvalue weighted by atomic mass is 16.5. The number of nitriles is 1. The van der Waals surface area contributed by atoms with Gasteiger partial charge in [-0.05, 0) is 42.5 Å². The van der Waals surface area contributed by atoms with Crippen LogP contribution in [0.2, 0.25) is 0 Å². The predicted molar refractivity (Wildman–Crippen MR) is 110 cm³/mol. The Bertz CT molecular complexity index is 834. The molecule has 0 aromatic heterocycles. The highest BCUT2D eigenvalue weighted by molar-refractivity contribution is 5.99. The van der Waals surface area contributed by atoms with Gasteiger partial charge in [0.25, 0.3) is 0 Å². The number of Topliss-reactive ketones (excluding diaryl/α,β-unsaturated/α-hetero) is 1. The van der Waals surface area contributed by atoms with Crippen molar-refractivity contribution < 1.29 is 14.3 Å². The van der Waals surface area contributed by atoms with Crippen molar-refractivity contribution in [3.05, 3.63) is 59.7 Å². The molecule has 2 rings (SSSR count). The lowest BCUT2D eigenvalue weighted by Gasteiger charge is -2.15. The molecule has 4 nitrogen and oxygen atoms in total. The molecule has 28 heavy (non-hydrogen) atoms. The molecule has 0 saturated heterocycles. The van der Waals surface area contributed by atoms with Crippen LogP contribution >= 0.6 is 0 Å². The zero-order chi connectivity index (χ0) is 20.4. The van der Waals surface area contributed by atoms with E-state index in [2.05, 4.69) is 13.0 Å². The van der Waals surface area contributed by atoms with Gasteiger partial charge in [0.15, 0.2) is 0 Å². The van der Waals surface area contributed by atoms with Crippen molar-refractivity contribution >= 4 is 11.8 Å². The Kier molecular flexibility index (Phi) is 8.42. The summed E-state index contributed by atoms with van der Waals surface area (Å²) in [5.74, 6) is -1.25. The van der Waals surface area contributed by atoms with Crippen LogP contribution in [0.25, 0.3) is 11.1 Å². The molecule has 0 fully saturated rings. The number of hydrogen-bond donors (Lipinski definition) is 0. The Balaban J connectivity index is 2.16. The van der Waals surface area contributed by atoms with Gasteiger partial charge in [-0.2, -0.15) is 5.26 Å². The molecule has 0 spiro atoms. The van der Waals surface area contributed by atoms with Crippen molar-refractivity contribution in [2.75, 3.05) is 6.61 Å². The van der Waals surface area contributed by atoms with Crippen LogP contribution in [0, 0.1) is 17.2 Å². The molecule has 0 bridgehead atoms. The topological polar surface area (TPSA) is 67.2 Å². The standard InChI is InChI=1S/C24H27NO3/c1-3-5-6-11-23(26)22(24(27)28-4-2)16-18-12-14-19(15-13-18)21-10-8-7-9-20(21)17-25/h7-10,12-15,22H,3-6,11,16H2,1-2H3. The van der Waals surface area contributed by atoms with Crippen molar-refractivity contribution in [2.24, 2.45) is 5.92 Å². The van der Waals surface area contributed by atoms with Gasteiger partial charge in [0, 0.05) is 6.42 Å². The number of nitrogens with zero attached hydrogens (tertiary/aromatic N) is 1. The Labute approximate surface area is 167 Å². The van der Waals surface area contributed by atoms with E-state index in [1.807, 2.05) is 42.5 Å². The van der Waals surface area contributed by atoms with Gasteiger partial charge in [-0.25, -0.2) is 0 Å².